The van der Waals surface area contributed by atoms with Crippen LogP contribution >= 0.6 is 11.6 Å². The Balaban J connectivity index is 1.71. The predicted molar refractivity (Wildman–Crippen MR) is 82.8 cm³/mol. The van der Waals surface area contributed by atoms with Gasteiger partial charge in [0.15, 0.2) is 0 Å². The summed E-state index contributed by atoms with van der Waals surface area (Å²) in [5, 5.41) is 11.1. The summed E-state index contributed by atoms with van der Waals surface area (Å²) in [6, 6.07) is 13.9. The average molecular weight is 301 g/mol. The Morgan fingerprint density at radius 2 is 1.76 bits per heavy atom. The van der Waals surface area contributed by atoms with E-state index in [1.54, 1.807) is 6.07 Å². The zero-order chi connectivity index (χ0) is 14.4. The van der Waals surface area contributed by atoms with E-state index in [0.29, 0.717) is 17.4 Å². The van der Waals surface area contributed by atoms with E-state index < -0.39 is 6.10 Å². The molecule has 0 aromatic heterocycles. The highest BCUT2D eigenvalue weighted by Gasteiger charge is 2.33. The van der Waals surface area contributed by atoms with Crippen molar-refractivity contribution in [1.29, 1.82) is 0 Å². The smallest absolute Gasteiger partial charge is 0.127 e. The molecule has 1 fully saturated rings. The van der Waals surface area contributed by atoms with Crippen molar-refractivity contribution in [2.75, 3.05) is 0 Å². The van der Waals surface area contributed by atoms with Crippen LogP contribution in [0.4, 0.5) is 0 Å². The summed E-state index contributed by atoms with van der Waals surface area (Å²) in [6.07, 6.45) is 2.50. The third-order valence-electron chi connectivity index (χ3n) is 4.40. The van der Waals surface area contributed by atoms with Gasteiger partial charge in [-0.15, -0.1) is 0 Å². The normalized spacial score (nSPS) is 24.3. The van der Waals surface area contributed by atoms with Crippen molar-refractivity contribution < 1.29 is 9.84 Å². The van der Waals surface area contributed by atoms with Crippen molar-refractivity contribution in [3.63, 3.8) is 0 Å². The molecule has 0 bridgehead atoms. The molecule has 2 aliphatic rings. The summed E-state index contributed by atoms with van der Waals surface area (Å²) in [5.74, 6) is 1.42. The van der Waals surface area contributed by atoms with E-state index in [9.17, 15) is 5.11 Å². The van der Waals surface area contributed by atoms with Crippen LogP contribution in [0.15, 0.2) is 42.5 Å². The number of aliphatic hydroxyl groups is 1. The number of ether oxygens (including phenoxy) is 1. The molecule has 0 amide bonds. The quantitative estimate of drug-likeness (QED) is 0.865. The van der Waals surface area contributed by atoms with Gasteiger partial charge in [-0.2, -0.15) is 0 Å². The van der Waals surface area contributed by atoms with E-state index in [1.165, 1.54) is 24.0 Å². The molecule has 0 radical (unpaired) electrons. The van der Waals surface area contributed by atoms with Crippen molar-refractivity contribution in [1.82, 2.24) is 0 Å². The van der Waals surface area contributed by atoms with Crippen molar-refractivity contribution in [2.45, 2.75) is 37.4 Å². The second kappa shape index (κ2) is 5.04. The van der Waals surface area contributed by atoms with E-state index >= 15 is 0 Å². The molecule has 3 heteroatoms. The first-order chi connectivity index (χ1) is 10.2. The molecular formula is C18H17ClO2. The minimum absolute atomic E-state index is 0.0783. The van der Waals surface area contributed by atoms with Crippen molar-refractivity contribution in [3.8, 4) is 5.75 Å². The highest BCUT2D eigenvalue weighted by molar-refractivity contribution is 6.30. The molecule has 1 N–H and O–H groups in total. The maximum absolute atomic E-state index is 10.4. The summed E-state index contributed by atoms with van der Waals surface area (Å²) < 4.78 is 6.14. The molecule has 0 spiro atoms. The molecule has 21 heavy (non-hydrogen) atoms. The van der Waals surface area contributed by atoms with E-state index in [-0.39, 0.29) is 6.10 Å². The molecule has 0 saturated heterocycles. The second-order valence-electron chi connectivity index (χ2n) is 5.94. The van der Waals surface area contributed by atoms with Crippen LogP contribution < -0.4 is 4.74 Å². The van der Waals surface area contributed by atoms with E-state index in [4.69, 9.17) is 16.3 Å². The van der Waals surface area contributed by atoms with Crippen LogP contribution in [0.2, 0.25) is 5.02 Å². The van der Waals surface area contributed by atoms with Crippen LogP contribution in [-0.4, -0.2) is 5.11 Å². The number of benzene rings is 2. The van der Waals surface area contributed by atoms with Gasteiger partial charge in [0.1, 0.15) is 11.9 Å². The van der Waals surface area contributed by atoms with Gasteiger partial charge in [0.25, 0.3) is 0 Å². The number of hydrogen-bond donors (Lipinski definition) is 1. The molecule has 4 rings (SSSR count). The van der Waals surface area contributed by atoms with Gasteiger partial charge in [0, 0.05) is 17.0 Å². The lowest BCUT2D eigenvalue weighted by atomic mass is 9.91. The van der Waals surface area contributed by atoms with E-state index in [2.05, 4.69) is 18.2 Å². The standard InChI is InChI=1S/C18H17ClO2/c19-12-7-8-17-15(9-12)16(20)10-18(21-17)14-4-2-1-3-13(14)11-5-6-11/h1-4,7-9,11,16,18,20H,5-6,10H2/t16-,18?/m0/s1. The topological polar surface area (TPSA) is 29.5 Å². The molecule has 1 unspecified atom stereocenters. The SMILES string of the molecule is O[C@H]1CC(c2ccccc2C2CC2)Oc2ccc(Cl)cc21. The summed E-state index contributed by atoms with van der Waals surface area (Å²) >= 11 is 6.00. The average Bonchev–Trinajstić information content (AvgIpc) is 3.32. The number of aliphatic hydroxyl groups excluding tert-OH is 1. The molecule has 2 atom stereocenters. The largest absolute Gasteiger partial charge is 0.485 e. The Labute approximate surface area is 129 Å². The van der Waals surface area contributed by atoms with Crippen LogP contribution in [0.5, 0.6) is 5.75 Å². The van der Waals surface area contributed by atoms with Crippen molar-refractivity contribution in [2.24, 2.45) is 0 Å². The van der Waals surface area contributed by atoms with E-state index in [0.717, 1.165) is 11.3 Å². The molecule has 108 valence electrons. The van der Waals surface area contributed by atoms with Crippen LogP contribution in [0.1, 0.15) is 54.1 Å². The van der Waals surface area contributed by atoms with Gasteiger partial charge in [0.2, 0.25) is 0 Å². The molecular weight excluding hydrogens is 284 g/mol. The lowest BCUT2D eigenvalue weighted by molar-refractivity contribution is 0.0653. The van der Waals surface area contributed by atoms with Gasteiger partial charge in [-0.25, -0.2) is 0 Å². The summed E-state index contributed by atoms with van der Waals surface area (Å²) in [7, 11) is 0. The molecule has 1 aliphatic heterocycles. The minimum Gasteiger partial charge on any atom is -0.485 e. The zero-order valence-electron chi connectivity index (χ0n) is 11.6. The Morgan fingerprint density at radius 3 is 2.52 bits per heavy atom. The fourth-order valence-electron chi connectivity index (χ4n) is 3.18. The molecule has 2 nitrogen and oxygen atoms in total. The van der Waals surface area contributed by atoms with E-state index in [1.807, 2.05) is 18.2 Å². The Morgan fingerprint density at radius 1 is 1.00 bits per heavy atom. The predicted octanol–water partition coefficient (Wildman–Crippen LogP) is 4.77. The van der Waals surface area contributed by atoms with Gasteiger partial charge in [0.05, 0.1) is 6.10 Å². The highest BCUT2D eigenvalue weighted by Crippen LogP contribution is 2.47. The van der Waals surface area contributed by atoms with Crippen molar-refractivity contribution >= 4 is 11.6 Å². The molecule has 1 saturated carbocycles. The number of hydrogen-bond acceptors (Lipinski definition) is 2. The lowest BCUT2D eigenvalue weighted by Crippen LogP contribution is -2.20. The summed E-state index contributed by atoms with van der Waals surface area (Å²) in [4.78, 5) is 0. The maximum atomic E-state index is 10.4. The van der Waals surface area contributed by atoms with Crippen molar-refractivity contribution in [3.05, 3.63) is 64.2 Å². The maximum Gasteiger partial charge on any atom is 0.127 e. The summed E-state index contributed by atoms with van der Waals surface area (Å²) in [5.41, 5.74) is 3.40. The number of halogens is 1. The van der Waals surface area contributed by atoms with Gasteiger partial charge in [-0.1, -0.05) is 35.9 Å². The fraction of sp³-hybridized carbons (Fsp3) is 0.333. The first-order valence-corrected chi connectivity index (χ1v) is 7.83. The summed E-state index contributed by atoms with van der Waals surface area (Å²) in [6.45, 7) is 0. The monoisotopic (exact) mass is 300 g/mol. The van der Waals surface area contributed by atoms with Crippen LogP contribution in [-0.2, 0) is 0 Å². The van der Waals surface area contributed by atoms with Crippen LogP contribution in [0.3, 0.4) is 0 Å². The highest BCUT2D eigenvalue weighted by atomic mass is 35.5. The Bertz CT molecular complexity index is 679. The zero-order valence-corrected chi connectivity index (χ0v) is 12.4. The van der Waals surface area contributed by atoms with Gasteiger partial charge in [-0.3, -0.25) is 0 Å². The third kappa shape index (κ3) is 2.43. The fourth-order valence-corrected chi connectivity index (χ4v) is 3.36. The minimum atomic E-state index is -0.523. The number of fused-ring (bicyclic) bond motifs is 1. The number of rotatable bonds is 2. The molecule has 2 aromatic carbocycles. The van der Waals surface area contributed by atoms with Gasteiger partial charge in [-0.05, 0) is 48.1 Å². The first kappa shape index (κ1) is 13.2. The molecule has 1 heterocycles. The van der Waals surface area contributed by atoms with Crippen LogP contribution in [0.25, 0.3) is 0 Å². The lowest BCUT2D eigenvalue weighted by Gasteiger charge is -2.31. The Kier molecular flexibility index (Phi) is 3.16. The van der Waals surface area contributed by atoms with Crippen LogP contribution in [0, 0.1) is 0 Å². The molecule has 1 aliphatic carbocycles. The Hall–Kier alpha value is -1.51. The second-order valence-corrected chi connectivity index (χ2v) is 6.38. The third-order valence-corrected chi connectivity index (χ3v) is 4.63. The molecule has 2 aromatic rings. The van der Waals surface area contributed by atoms with Gasteiger partial charge < -0.3 is 9.84 Å². The van der Waals surface area contributed by atoms with Gasteiger partial charge >= 0.3 is 0 Å². The first-order valence-electron chi connectivity index (χ1n) is 7.45.